The minimum absolute atomic E-state index is 0.667. The van der Waals surface area contributed by atoms with Crippen LogP contribution in [0, 0.1) is 12.8 Å². The number of rotatable bonds is 6. The lowest BCUT2D eigenvalue weighted by Crippen LogP contribution is -2.35. The Hall–Kier alpha value is -1.65. The number of halogens is 1. The van der Waals surface area contributed by atoms with Gasteiger partial charge in [-0.3, -0.25) is 0 Å². The van der Waals surface area contributed by atoms with E-state index in [4.69, 9.17) is 5.21 Å². The van der Waals surface area contributed by atoms with E-state index in [0.717, 1.165) is 24.4 Å². The summed E-state index contributed by atoms with van der Waals surface area (Å²) in [5.41, 5.74) is 5.76. The van der Waals surface area contributed by atoms with Gasteiger partial charge in [0.2, 0.25) is 0 Å². The number of nitrogens with zero attached hydrogens (tertiary/aromatic N) is 2. The first kappa shape index (κ1) is 20.1. The first-order chi connectivity index (χ1) is 13.0. The van der Waals surface area contributed by atoms with E-state index in [1.807, 2.05) is 19.1 Å². The number of oxime groups is 1. The molecule has 144 valence electrons. The average Bonchev–Trinajstić information content (AvgIpc) is 2.70. The Balaban J connectivity index is 1.48. The molecule has 0 radical (unpaired) electrons. The molecule has 0 aromatic heterocycles. The third kappa shape index (κ3) is 5.66. The number of benzene rings is 2. The van der Waals surface area contributed by atoms with Crippen molar-refractivity contribution < 1.29 is 5.21 Å². The predicted molar refractivity (Wildman–Crippen MR) is 116 cm³/mol. The van der Waals surface area contributed by atoms with E-state index in [1.54, 1.807) is 0 Å². The first-order valence-corrected chi connectivity index (χ1v) is 10.6. The van der Waals surface area contributed by atoms with Gasteiger partial charge in [-0.25, -0.2) is 0 Å². The normalized spacial score (nSPS) is 16.6. The second-order valence-electron chi connectivity index (χ2n) is 7.72. The summed E-state index contributed by atoms with van der Waals surface area (Å²) in [5.74, 6) is 0.783. The topological polar surface area (TPSA) is 35.8 Å². The van der Waals surface area contributed by atoms with Crippen molar-refractivity contribution in [1.82, 2.24) is 4.90 Å². The number of likely N-dealkylation sites (tertiary alicyclic amines) is 1. The molecule has 0 saturated carbocycles. The monoisotopic (exact) mass is 428 g/mol. The molecular weight excluding hydrogens is 400 g/mol. The highest BCUT2D eigenvalue weighted by molar-refractivity contribution is 9.10. The Bertz CT molecular complexity index is 795. The summed E-state index contributed by atoms with van der Waals surface area (Å²) in [6, 6.07) is 15.0. The van der Waals surface area contributed by atoms with Crippen LogP contribution in [0.25, 0.3) is 0 Å². The maximum Gasteiger partial charge on any atom is 0.0837 e. The van der Waals surface area contributed by atoms with Gasteiger partial charge in [-0.15, -0.1) is 0 Å². The highest BCUT2D eigenvalue weighted by Crippen LogP contribution is 2.26. The molecule has 2 aromatic carbocycles. The smallest absolute Gasteiger partial charge is 0.0837 e. The number of hydrogen-bond acceptors (Lipinski definition) is 3. The van der Waals surface area contributed by atoms with Gasteiger partial charge in [-0.1, -0.05) is 57.0 Å². The largest absolute Gasteiger partial charge is 0.411 e. The Labute approximate surface area is 171 Å². The first-order valence-electron chi connectivity index (χ1n) is 9.80. The molecule has 1 fully saturated rings. The second kappa shape index (κ2) is 9.52. The van der Waals surface area contributed by atoms with Crippen molar-refractivity contribution in [3.8, 4) is 0 Å². The summed E-state index contributed by atoms with van der Waals surface area (Å²) in [4.78, 5) is 2.58. The van der Waals surface area contributed by atoms with Crippen molar-refractivity contribution >= 4 is 21.6 Å². The fourth-order valence-corrected chi connectivity index (χ4v) is 4.29. The van der Waals surface area contributed by atoms with Crippen molar-refractivity contribution in [3.63, 3.8) is 0 Å². The van der Waals surface area contributed by atoms with Gasteiger partial charge in [0.1, 0.15) is 0 Å². The SMILES string of the molecule is C/C(=N\O)c1cccc(CCN2CCC(Cc3cc(C)ccc3Br)CC2)c1. The van der Waals surface area contributed by atoms with Crippen LogP contribution in [-0.4, -0.2) is 35.5 Å². The third-order valence-corrected chi connectivity index (χ3v) is 6.40. The van der Waals surface area contributed by atoms with Gasteiger partial charge in [-0.05, 0) is 87.4 Å². The molecule has 0 amide bonds. The van der Waals surface area contributed by atoms with Gasteiger partial charge in [0, 0.05) is 11.0 Å². The second-order valence-corrected chi connectivity index (χ2v) is 8.57. The molecule has 2 aromatic rings. The highest BCUT2D eigenvalue weighted by Gasteiger charge is 2.20. The summed E-state index contributed by atoms with van der Waals surface area (Å²) in [6.45, 7) is 7.47. The molecule has 0 atom stereocenters. The fraction of sp³-hybridized carbons (Fsp3) is 0.435. The zero-order chi connectivity index (χ0) is 19.2. The number of piperidine rings is 1. The molecule has 0 unspecified atom stereocenters. The molecular formula is C23H29BrN2O. The van der Waals surface area contributed by atoms with Crippen LogP contribution in [0.1, 0.15) is 42.0 Å². The lowest BCUT2D eigenvalue weighted by molar-refractivity contribution is 0.186. The minimum atomic E-state index is 0.667. The lowest BCUT2D eigenvalue weighted by Gasteiger charge is -2.32. The minimum Gasteiger partial charge on any atom is -0.411 e. The van der Waals surface area contributed by atoms with Crippen LogP contribution in [0.2, 0.25) is 0 Å². The van der Waals surface area contributed by atoms with Gasteiger partial charge >= 0.3 is 0 Å². The maximum absolute atomic E-state index is 8.95. The van der Waals surface area contributed by atoms with Crippen LogP contribution in [0.5, 0.6) is 0 Å². The van der Waals surface area contributed by atoms with Crippen LogP contribution in [0.4, 0.5) is 0 Å². The van der Waals surface area contributed by atoms with Gasteiger partial charge in [0.15, 0.2) is 0 Å². The van der Waals surface area contributed by atoms with Crippen molar-refractivity contribution in [2.24, 2.45) is 11.1 Å². The summed E-state index contributed by atoms with van der Waals surface area (Å²) in [6.07, 6.45) is 4.77. The summed E-state index contributed by atoms with van der Waals surface area (Å²) in [5, 5.41) is 12.3. The van der Waals surface area contributed by atoms with Crippen molar-refractivity contribution in [3.05, 3.63) is 69.2 Å². The fourth-order valence-electron chi connectivity index (χ4n) is 3.88. The summed E-state index contributed by atoms with van der Waals surface area (Å²) < 4.78 is 1.25. The molecule has 1 N–H and O–H groups in total. The molecule has 0 bridgehead atoms. The van der Waals surface area contributed by atoms with E-state index in [2.05, 4.69) is 63.2 Å². The quantitative estimate of drug-likeness (QED) is 0.376. The van der Waals surface area contributed by atoms with Gasteiger partial charge in [-0.2, -0.15) is 0 Å². The van der Waals surface area contributed by atoms with Crippen LogP contribution in [0.3, 0.4) is 0 Å². The van der Waals surface area contributed by atoms with Crippen LogP contribution in [-0.2, 0) is 12.8 Å². The molecule has 1 saturated heterocycles. The summed E-state index contributed by atoms with van der Waals surface area (Å²) in [7, 11) is 0. The molecule has 0 spiro atoms. The standard InChI is InChI=1S/C23H29BrN2O/c1-17-6-7-23(24)22(14-17)16-20-9-12-26(13-10-20)11-8-19-4-3-5-21(15-19)18(2)25-27/h3-7,14-15,20,27H,8-13,16H2,1-2H3/b25-18+. The zero-order valence-electron chi connectivity index (χ0n) is 16.3. The number of aryl methyl sites for hydroxylation is 1. The molecule has 3 nitrogen and oxygen atoms in total. The van der Waals surface area contributed by atoms with E-state index in [9.17, 15) is 0 Å². The third-order valence-electron chi connectivity index (χ3n) is 5.63. The van der Waals surface area contributed by atoms with Crippen LogP contribution < -0.4 is 0 Å². The molecule has 27 heavy (non-hydrogen) atoms. The highest BCUT2D eigenvalue weighted by atomic mass is 79.9. The number of hydrogen-bond donors (Lipinski definition) is 1. The van der Waals surface area contributed by atoms with E-state index in [-0.39, 0.29) is 0 Å². The molecule has 1 aliphatic rings. The van der Waals surface area contributed by atoms with Crippen molar-refractivity contribution in [2.75, 3.05) is 19.6 Å². The van der Waals surface area contributed by atoms with Gasteiger partial charge in [0.25, 0.3) is 0 Å². The Morgan fingerprint density at radius 1 is 1.19 bits per heavy atom. The Morgan fingerprint density at radius 2 is 1.96 bits per heavy atom. The zero-order valence-corrected chi connectivity index (χ0v) is 17.9. The van der Waals surface area contributed by atoms with Crippen molar-refractivity contribution in [1.29, 1.82) is 0 Å². The predicted octanol–water partition coefficient (Wildman–Crippen LogP) is 5.45. The van der Waals surface area contributed by atoms with E-state index in [0.29, 0.717) is 5.71 Å². The molecule has 0 aliphatic carbocycles. The maximum atomic E-state index is 8.95. The molecule has 1 heterocycles. The Kier molecular flexibility index (Phi) is 7.08. The van der Waals surface area contributed by atoms with Gasteiger partial charge in [0.05, 0.1) is 5.71 Å². The van der Waals surface area contributed by atoms with Crippen LogP contribution in [0.15, 0.2) is 52.1 Å². The Morgan fingerprint density at radius 3 is 2.70 bits per heavy atom. The average molecular weight is 429 g/mol. The van der Waals surface area contributed by atoms with E-state index in [1.165, 1.54) is 53.5 Å². The van der Waals surface area contributed by atoms with Crippen molar-refractivity contribution in [2.45, 2.75) is 39.5 Å². The molecule has 3 rings (SSSR count). The van der Waals surface area contributed by atoms with Crippen LogP contribution >= 0.6 is 15.9 Å². The van der Waals surface area contributed by atoms with E-state index < -0.39 is 0 Å². The lowest BCUT2D eigenvalue weighted by atomic mass is 9.89. The molecule has 4 heteroatoms. The molecule has 1 aliphatic heterocycles. The summed E-state index contributed by atoms with van der Waals surface area (Å²) >= 11 is 3.71. The van der Waals surface area contributed by atoms with E-state index >= 15 is 0 Å². The van der Waals surface area contributed by atoms with Gasteiger partial charge < -0.3 is 10.1 Å².